The topological polar surface area (TPSA) is 41.6 Å². The Morgan fingerprint density at radius 3 is 3.05 bits per heavy atom. The largest absolute Gasteiger partial charge is 0.490 e. The zero-order chi connectivity index (χ0) is 14.5. The Morgan fingerprint density at radius 1 is 1.55 bits per heavy atom. The molecule has 1 unspecified atom stereocenters. The fourth-order valence-electron chi connectivity index (χ4n) is 2.54. The highest BCUT2D eigenvalue weighted by atomic mass is 19.1. The number of halogens is 1. The van der Waals surface area contributed by atoms with E-state index in [1.165, 1.54) is 6.07 Å². The van der Waals surface area contributed by atoms with Crippen molar-refractivity contribution in [2.24, 2.45) is 0 Å². The van der Waals surface area contributed by atoms with Crippen LogP contribution >= 0.6 is 0 Å². The third-order valence-corrected chi connectivity index (χ3v) is 3.60. The number of carbonyl (C=O) groups is 1. The molecule has 1 N–H and O–H groups in total. The fourth-order valence-corrected chi connectivity index (χ4v) is 2.54. The second-order valence-electron chi connectivity index (χ2n) is 4.93. The number of hydrogen-bond acceptors (Lipinski definition) is 3. The highest BCUT2D eigenvalue weighted by molar-refractivity contribution is 5.97. The van der Waals surface area contributed by atoms with Crippen molar-refractivity contribution in [2.75, 3.05) is 26.7 Å². The predicted molar refractivity (Wildman–Crippen MR) is 75.6 cm³/mol. The quantitative estimate of drug-likeness (QED) is 0.918. The highest BCUT2D eigenvalue weighted by Gasteiger charge is 2.26. The highest BCUT2D eigenvalue weighted by Crippen LogP contribution is 2.25. The summed E-state index contributed by atoms with van der Waals surface area (Å²) in [6.45, 7) is 3.47. The minimum Gasteiger partial charge on any atom is -0.490 e. The number of para-hydroxylation sites is 1. The Balaban J connectivity index is 2.22. The van der Waals surface area contributed by atoms with Gasteiger partial charge in [0.15, 0.2) is 11.6 Å². The fraction of sp³-hybridized carbons (Fsp3) is 0.533. The molecule has 2 rings (SSSR count). The molecular formula is C15H21FN2O2. The van der Waals surface area contributed by atoms with Gasteiger partial charge in [-0.25, -0.2) is 4.39 Å². The Bertz CT molecular complexity index is 479. The Kier molecular flexibility index (Phi) is 4.95. The summed E-state index contributed by atoms with van der Waals surface area (Å²) in [5, 5.41) is 3.19. The van der Waals surface area contributed by atoms with Crippen LogP contribution < -0.4 is 10.1 Å². The van der Waals surface area contributed by atoms with E-state index in [-0.39, 0.29) is 11.7 Å². The first-order chi connectivity index (χ1) is 9.67. The Labute approximate surface area is 118 Å². The maximum atomic E-state index is 13.8. The molecule has 1 aliphatic heterocycles. The third-order valence-electron chi connectivity index (χ3n) is 3.60. The van der Waals surface area contributed by atoms with Crippen molar-refractivity contribution < 1.29 is 13.9 Å². The monoisotopic (exact) mass is 280 g/mol. The van der Waals surface area contributed by atoms with Gasteiger partial charge >= 0.3 is 0 Å². The molecule has 1 saturated heterocycles. The summed E-state index contributed by atoms with van der Waals surface area (Å²) in [7, 11) is 1.90. The summed E-state index contributed by atoms with van der Waals surface area (Å²) in [4.78, 5) is 14.3. The smallest absolute Gasteiger partial charge is 0.257 e. The van der Waals surface area contributed by atoms with Crippen LogP contribution in [-0.2, 0) is 0 Å². The van der Waals surface area contributed by atoms with Crippen LogP contribution in [0.15, 0.2) is 18.2 Å². The number of likely N-dealkylation sites (tertiary alicyclic amines) is 1. The van der Waals surface area contributed by atoms with E-state index < -0.39 is 5.82 Å². The summed E-state index contributed by atoms with van der Waals surface area (Å²) >= 11 is 0. The minimum absolute atomic E-state index is 0.0616. The van der Waals surface area contributed by atoms with Crippen molar-refractivity contribution in [2.45, 2.75) is 25.8 Å². The maximum absolute atomic E-state index is 13.8. The molecule has 0 radical (unpaired) electrons. The summed E-state index contributed by atoms with van der Waals surface area (Å²) < 4.78 is 19.1. The lowest BCUT2D eigenvalue weighted by Crippen LogP contribution is -2.47. The molecular weight excluding hydrogens is 259 g/mol. The van der Waals surface area contributed by atoms with E-state index in [9.17, 15) is 9.18 Å². The average Bonchev–Trinajstić information content (AvgIpc) is 2.49. The normalized spacial score (nSPS) is 18.9. The number of likely N-dealkylation sites (N-methyl/N-ethyl adjacent to an activating group) is 1. The number of hydrogen-bond donors (Lipinski definition) is 1. The van der Waals surface area contributed by atoms with E-state index >= 15 is 0 Å². The lowest BCUT2D eigenvalue weighted by molar-refractivity contribution is 0.0693. The number of ether oxygens (including phenoxy) is 1. The van der Waals surface area contributed by atoms with Crippen LogP contribution in [-0.4, -0.2) is 43.6 Å². The maximum Gasteiger partial charge on any atom is 0.257 e. The van der Waals surface area contributed by atoms with E-state index in [4.69, 9.17) is 4.74 Å². The minimum atomic E-state index is -0.486. The van der Waals surface area contributed by atoms with Crippen molar-refractivity contribution >= 4 is 5.91 Å². The summed E-state index contributed by atoms with van der Waals surface area (Å²) in [6.07, 6.45) is 2.01. The van der Waals surface area contributed by atoms with Crippen LogP contribution in [0.2, 0.25) is 0 Å². The molecule has 110 valence electrons. The molecule has 0 aromatic heterocycles. The standard InChI is InChI=1S/C15H21FN2O2/c1-3-20-14-12(7-4-8-13(14)16)15(19)18-9-5-6-11(10-18)17-2/h4,7-8,11,17H,3,5-6,9-10H2,1-2H3. The van der Waals surface area contributed by atoms with Crippen LogP contribution in [0.5, 0.6) is 5.75 Å². The van der Waals surface area contributed by atoms with Gasteiger partial charge in [0.2, 0.25) is 0 Å². The van der Waals surface area contributed by atoms with Crippen LogP contribution in [0.25, 0.3) is 0 Å². The number of benzene rings is 1. The van der Waals surface area contributed by atoms with Gasteiger partial charge in [0.25, 0.3) is 5.91 Å². The molecule has 20 heavy (non-hydrogen) atoms. The number of carbonyl (C=O) groups excluding carboxylic acids is 1. The van der Waals surface area contributed by atoms with E-state index in [2.05, 4.69) is 5.32 Å². The third kappa shape index (κ3) is 3.10. The first kappa shape index (κ1) is 14.8. The van der Waals surface area contributed by atoms with E-state index in [0.717, 1.165) is 12.8 Å². The summed E-state index contributed by atoms with van der Waals surface area (Å²) in [6, 6.07) is 4.79. The molecule has 1 amide bonds. The molecule has 1 heterocycles. The lowest BCUT2D eigenvalue weighted by atomic mass is 10.0. The van der Waals surface area contributed by atoms with Gasteiger partial charge in [0, 0.05) is 19.1 Å². The van der Waals surface area contributed by atoms with Crippen molar-refractivity contribution in [3.05, 3.63) is 29.6 Å². The second-order valence-corrected chi connectivity index (χ2v) is 4.93. The van der Waals surface area contributed by atoms with Crippen LogP contribution in [0.1, 0.15) is 30.1 Å². The number of nitrogens with one attached hydrogen (secondary N) is 1. The van der Waals surface area contributed by atoms with E-state index in [0.29, 0.717) is 31.3 Å². The molecule has 0 aliphatic carbocycles. The summed E-state index contributed by atoms with van der Waals surface area (Å²) in [5.41, 5.74) is 0.309. The van der Waals surface area contributed by atoms with Gasteiger partial charge in [0.1, 0.15) is 0 Å². The number of piperidine rings is 1. The number of nitrogens with zero attached hydrogens (tertiary/aromatic N) is 1. The zero-order valence-electron chi connectivity index (χ0n) is 12.0. The molecule has 5 heteroatoms. The molecule has 0 saturated carbocycles. The number of rotatable bonds is 4. The molecule has 0 spiro atoms. The van der Waals surface area contributed by atoms with Gasteiger partial charge in [-0.15, -0.1) is 0 Å². The molecule has 1 atom stereocenters. The number of amides is 1. The van der Waals surface area contributed by atoms with E-state index in [1.54, 1.807) is 24.0 Å². The van der Waals surface area contributed by atoms with Gasteiger partial charge in [-0.2, -0.15) is 0 Å². The van der Waals surface area contributed by atoms with Gasteiger partial charge < -0.3 is 15.0 Å². The van der Waals surface area contributed by atoms with Crippen molar-refractivity contribution in [3.63, 3.8) is 0 Å². The summed E-state index contributed by atoms with van der Waals surface area (Å²) in [5.74, 6) is -0.584. The molecule has 1 aromatic carbocycles. The first-order valence-electron chi connectivity index (χ1n) is 7.05. The van der Waals surface area contributed by atoms with E-state index in [1.807, 2.05) is 7.05 Å². The van der Waals surface area contributed by atoms with Crippen molar-refractivity contribution in [1.82, 2.24) is 10.2 Å². The second kappa shape index (κ2) is 6.70. The van der Waals surface area contributed by atoms with Crippen LogP contribution in [0, 0.1) is 5.82 Å². The predicted octanol–water partition coefficient (Wildman–Crippen LogP) is 2.05. The van der Waals surface area contributed by atoms with Crippen molar-refractivity contribution in [3.8, 4) is 5.75 Å². The van der Waals surface area contributed by atoms with Gasteiger partial charge in [0.05, 0.1) is 12.2 Å². The molecule has 1 aromatic rings. The Morgan fingerprint density at radius 2 is 2.35 bits per heavy atom. The lowest BCUT2D eigenvalue weighted by Gasteiger charge is -2.33. The van der Waals surface area contributed by atoms with Crippen LogP contribution in [0.3, 0.4) is 0 Å². The molecule has 0 bridgehead atoms. The Hall–Kier alpha value is -1.62. The van der Waals surface area contributed by atoms with Gasteiger partial charge in [-0.05, 0) is 38.9 Å². The van der Waals surface area contributed by atoms with Crippen molar-refractivity contribution in [1.29, 1.82) is 0 Å². The van der Waals surface area contributed by atoms with Gasteiger partial charge in [-0.1, -0.05) is 6.07 Å². The molecule has 1 aliphatic rings. The first-order valence-corrected chi connectivity index (χ1v) is 7.05. The molecule has 4 nitrogen and oxygen atoms in total. The SMILES string of the molecule is CCOc1c(F)cccc1C(=O)N1CCCC(NC)C1. The molecule has 1 fully saturated rings. The zero-order valence-corrected chi connectivity index (χ0v) is 12.0. The average molecular weight is 280 g/mol. The van der Waals surface area contributed by atoms with Gasteiger partial charge in [-0.3, -0.25) is 4.79 Å². The van der Waals surface area contributed by atoms with Crippen LogP contribution in [0.4, 0.5) is 4.39 Å².